The lowest BCUT2D eigenvalue weighted by Crippen LogP contribution is -2.58. The number of aromatic nitrogens is 4. The van der Waals surface area contributed by atoms with Gasteiger partial charge in [0.15, 0.2) is 0 Å². The van der Waals surface area contributed by atoms with Crippen LogP contribution in [0, 0.1) is 0 Å². The lowest BCUT2D eigenvalue weighted by Gasteiger charge is -2.45. The molecule has 2 fully saturated rings. The molecule has 1 saturated heterocycles. The maximum Gasteiger partial charge on any atom is 0.270 e. The van der Waals surface area contributed by atoms with E-state index in [2.05, 4.69) is 49.6 Å². The summed E-state index contributed by atoms with van der Waals surface area (Å²) < 4.78 is 2.22. The molecule has 39 heavy (non-hydrogen) atoms. The third-order valence-electron chi connectivity index (χ3n) is 8.83. The van der Waals surface area contributed by atoms with Crippen LogP contribution in [0.4, 0.5) is 17.5 Å². The highest BCUT2D eigenvalue weighted by atomic mass is 16.3. The molecule has 10 nitrogen and oxygen atoms in total. The van der Waals surface area contributed by atoms with Crippen molar-refractivity contribution >= 4 is 34.4 Å². The van der Waals surface area contributed by atoms with Crippen molar-refractivity contribution in [2.24, 2.45) is 0 Å². The van der Waals surface area contributed by atoms with Crippen molar-refractivity contribution in [2.75, 3.05) is 43.4 Å². The van der Waals surface area contributed by atoms with Gasteiger partial charge in [-0.15, -0.1) is 0 Å². The Hall–Kier alpha value is -3.24. The third kappa shape index (κ3) is 4.74. The zero-order valence-corrected chi connectivity index (χ0v) is 23.5. The first kappa shape index (κ1) is 26.0. The highest BCUT2D eigenvalue weighted by molar-refractivity contribution is 5.99. The minimum absolute atomic E-state index is 0.0475. The number of anilines is 3. The van der Waals surface area contributed by atoms with Gasteiger partial charge in [0.05, 0.1) is 23.5 Å². The molecule has 3 aromatic heterocycles. The molecular weight excluding hydrogens is 492 g/mol. The molecule has 2 N–H and O–H groups in total. The number of nitrogens with zero attached hydrogens (tertiary/aromatic N) is 7. The number of fused-ring (bicyclic) bond motifs is 4. The summed E-state index contributed by atoms with van der Waals surface area (Å²) in [6.07, 6.45) is 9.07. The summed E-state index contributed by atoms with van der Waals surface area (Å²) in [5.74, 6) is 1.21. The summed E-state index contributed by atoms with van der Waals surface area (Å²) >= 11 is 0. The van der Waals surface area contributed by atoms with E-state index in [0.717, 1.165) is 49.2 Å². The number of carbonyl (C=O) groups excluding carboxylic acids is 1. The first-order valence-corrected chi connectivity index (χ1v) is 14.3. The van der Waals surface area contributed by atoms with E-state index in [1.165, 1.54) is 19.3 Å². The van der Waals surface area contributed by atoms with Crippen molar-refractivity contribution < 1.29 is 9.90 Å². The van der Waals surface area contributed by atoms with E-state index in [-0.39, 0.29) is 17.6 Å². The molecule has 0 aromatic carbocycles. The van der Waals surface area contributed by atoms with Gasteiger partial charge in [0.25, 0.3) is 5.91 Å². The summed E-state index contributed by atoms with van der Waals surface area (Å²) in [7, 11) is 1.91. The smallest absolute Gasteiger partial charge is 0.270 e. The van der Waals surface area contributed by atoms with Crippen molar-refractivity contribution in [1.29, 1.82) is 0 Å². The Morgan fingerprint density at radius 1 is 1.10 bits per heavy atom. The molecule has 1 spiro atoms. The van der Waals surface area contributed by atoms with Gasteiger partial charge in [0, 0.05) is 56.9 Å². The van der Waals surface area contributed by atoms with E-state index >= 15 is 0 Å². The van der Waals surface area contributed by atoms with Crippen LogP contribution in [-0.2, 0) is 5.54 Å². The fourth-order valence-corrected chi connectivity index (χ4v) is 7.05. The first-order valence-electron chi connectivity index (χ1n) is 14.3. The molecule has 3 atom stereocenters. The van der Waals surface area contributed by atoms with E-state index in [1.807, 2.05) is 43.4 Å². The Morgan fingerprint density at radius 2 is 1.85 bits per heavy atom. The van der Waals surface area contributed by atoms with Gasteiger partial charge in [0.2, 0.25) is 5.95 Å². The van der Waals surface area contributed by atoms with Crippen LogP contribution in [0.3, 0.4) is 0 Å². The number of nitrogens with one attached hydrogen (secondary N) is 1. The van der Waals surface area contributed by atoms with Gasteiger partial charge in [-0.2, -0.15) is 4.98 Å². The predicted molar refractivity (Wildman–Crippen MR) is 153 cm³/mol. The van der Waals surface area contributed by atoms with E-state index in [1.54, 1.807) is 0 Å². The minimum atomic E-state index is -0.331. The summed E-state index contributed by atoms with van der Waals surface area (Å²) in [5.41, 5.74) is 2.51. The molecule has 0 unspecified atom stereocenters. The van der Waals surface area contributed by atoms with Crippen molar-refractivity contribution in [3.63, 3.8) is 0 Å². The largest absolute Gasteiger partial charge is 0.392 e. The standard InChI is InChI=1S/C29H40N8O2/c1-19-15-35(16-20(2)36(19)17-21(3)38)23-8-9-25(30-14-23)32-28-31-13-22-12-24-27(39)34(4)18-29(10-6-5-7-11-29)37(24)26(22)33-28/h8-9,12-14,19-21,38H,5-7,10-11,15-18H2,1-4H3,(H,30,31,32,33)/t19-,20+,21-/m1/s1. The fourth-order valence-electron chi connectivity index (χ4n) is 7.05. The second-order valence-electron chi connectivity index (χ2n) is 12.0. The molecule has 1 aliphatic carbocycles. The molecule has 10 heteroatoms. The summed E-state index contributed by atoms with van der Waals surface area (Å²) in [4.78, 5) is 33.8. The number of likely N-dealkylation sites (N-methyl/N-ethyl adjacent to an activating group) is 1. The van der Waals surface area contributed by atoms with Crippen LogP contribution in [0.5, 0.6) is 0 Å². The van der Waals surface area contributed by atoms with Crippen molar-refractivity contribution in [2.45, 2.75) is 76.6 Å². The van der Waals surface area contributed by atoms with Crippen LogP contribution in [0.2, 0.25) is 0 Å². The van der Waals surface area contributed by atoms with E-state index < -0.39 is 0 Å². The molecule has 6 rings (SSSR count). The summed E-state index contributed by atoms with van der Waals surface area (Å²) in [6.45, 7) is 9.47. The monoisotopic (exact) mass is 532 g/mol. The average molecular weight is 533 g/mol. The number of pyridine rings is 1. The number of carbonyl (C=O) groups is 1. The van der Waals surface area contributed by atoms with Gasteiger partial charge in [0.1, 0.15) is 17.2 Å². The fraction of sp³-hybridized carbons (Fsp3) is 0.586. The number of aliphatic hydroxyl groups excluding tert-OH is 1. The van der Waals surface area contributed by atoms with Crippen molar-refractivity contribution in [3.8, 4) is 0 Å². The molecule has 0 radical (unpaired) electrons. The molecule has 208 valence electrons. The number of piperazine rings is 1. The van der Waals surface area contributed by atoms with Gasteiger partial charge in [-0.1, -0.05) is 19.3 Å². The molecule has 5 heterocycles. The second-order valence-corrected chi connectivity index (χ2v) is 12.0. The Balaban J connectivity index is 1.23. The maximum atomic E-state index is 13.1. The number of aliphatic hydroxyl groups is 1. The van der Waals surface area contributed by atoms with Crippen LogP contribution in [0.1, 0.15) is 63.4 Å². The predicted octanol–water partition coefficient (Wildman–Crippen LogP) is 3.59. The first-order chi connectivity index (χ1) is 18.7. The topological polar surface area (TPSA) is 103 Å². The minimum Gasteiger partial charge on any atom is -0.392 e. The molecule has 1 amide bonds. The average Bonchev–Trinajstić information content (AvgIpc) is 3.30. The molecular formula is C29H40N8O2. The third-order valence-corrected chi connectivity index (χ3v) is 8.83. The van der Waals surface area contributed by atoms with Gasteiger partial charge >= 0.3 is 0 Å². The van der Waals surface area contributed by atoms with Crippen LogP contribution >= 0.6 is 0 Å². The Kier molecular flexibility index (Phi) is 6.71. The van der Waals surface area contributed by atoms with E-state index in [9.17, 15) is 9.90 Å². The van der Waals surface area contributed by atoms with Crippen molar-refractivity contribution in [3.05, 3.63) is 36.3 Å². The van der Waals surface area contributed by atoms with E-state index in [0.29, 0.717) is 36.1 Å². The molecule has 3 aromatic rings. The Labute approximate surface area is 230 Å². The lowest BCUT2D eigenvalue weighted by molar-refractivity contribution is 0.0543. The SMILES string of the molecule is C[C@@H]1CN(c2ccc(Nc3ncc4cc5n(c4n3)C3(CCCCC3)CN(C)C5=O)nc2)C[C@H](C)N1C[C@@H](C)O. The van der Waals surface area contributed by atoms with Crippen molar-refractivity contribution in [1.82, 2.24) is 29.3 Å². The number of β-amino-alcohol motifs (C(OH)–C–C–N with tert-alkyl or cyclic N) is 1. The second kappa shape index (κ2) is 10.1. The molecule has 1 saturated carbocycles. The highest BCUT2D eigenvalue weighted by Gasteiger charge is 2.43. The zero-order chi connectivity index (χ0) is 27.3. The molecule has 2 aliphatic heterocycles. The quantitative estimate of drug-likeness (QED) is 0.514. The van der Waals surface area contributed by atoms with Crippen LogP contribution in [0.25, 0.3) is 11.0 Å². The van der Waals surface area contributed by atoms with E-state index in [4.69, 9.17) is 4.98 Å². The van der Waals surface area contributed by atoms with Crippen LogP contribution < -0.4 is 10.2 Å². The number of rotatable bonds is 5. The number of hydrogen-bond donors (Lipinski definition) is 2. The Bertz CT molecular complexity index is 1340. The van der Waals surface area contributed by atoms with Crippen LogP contribution in [0.15, 0.2) is 30.6 Å². The van der Waals surface area contributed by atoms with Gasteiger partial charge in [-0.3, -0.25) is 9.69 Å². The molecule has 3 aliphatic rings. The lowest BCUT2D eigenvalue weighted by atomic mass is 9.79. The molecule has 0 bridgehead atoms. The summed E-state index contributed by atoms with van der Waals surface area (Å²) in [6, 6.07) is 6.68. The zero-order valence-electron chi connectivity index (χ0n) is 23.5. The summed E-state index contributed by atoms with van der Waals surface area (Å²) in [5, 5.41) is 14.0. The number of amides is 1. The van der Waals surface area contributed by atoms with Gasteiger partial charge < -0.3 is 24.8 Å². The number of hydrogen-bond acceptors (Lipinski definition) is 8. The normalized spacial score (nSPS) is 24.3. The van der Waals surface area contributed by atoms with Gasteiger partial charge in [-0.05, 0) is 51.8 Å². The van der Waals surface area contributed by atoms with Gasteiger partial charge in [-0.25, -0.2) is 9.97 Å². The Morgan fingerprint density at radius 3 is 2.51 bits per heavy atom. The maximum absolute atomic E-state index is 13.1. The highest BCUT2D eigenvalue weighted by Crippen LogP contribution is 2.42. The van der Waals surface area contributed by atoms with Crippen LogP contribution in [-0.4, -0.2) is 91.7 Å².